The van der Waals surface area contributed by atoms with Gasteiger partial charge in [-0.15, -0.1) is 11.8 Å². The monoisotopic (exact) mass is 301 g/mol. The van der Waals surface area contributed by atoms with E-state index >= 15 is 0 Å². The van der Waals surface area contributed by atoms with Crippen LogP contribution in [-0.2, 0) is 0 Å². The van der Waals surface area contributed by atoms with E-state index in [-0.39, 0.29) is 11.1 Å². The van der Waals surface area contributed by atoms with E-state index in [1.165, 1.54) is 5.56 Å². The van der Waals surface area contributed by atoms with Crippen molar-refractivity contribution in [2.75, 3.05) is 10.7 Å². The van der Waals surface area contributed by atoms with Crippen LogP contribution in [0.25, 0.3) is 0 Å². The van der Waals surface area contributed by atoms with Gasteiger partial charge < -0.3 is 15.1 Å². The average molecular weight is 301 g/mol. The van der Waals surface area contributed by atoms with Crippen LogP contribution in [0.4, 0.5) is 5.69 Å². The number of anilines is 1. The smallest absolute Gasteiger partial charge is 0.257 e. The Labute approximate surface area is 129 Å². The van der Waals surface area contributed by atoms with Crippen molar-refractivity contribution in [1.29, 1.82) is 0 Å². The number of rotatable bonds is 2. The molecule has 1 heterocycles. The third-order valence-corrected chi connectivity index (χ3v) is 5.08. The van der Waals surface area contributed by atoms with E-state index in [0.29, 0.717) is 0 Å². The van der Waals surface area contributed by atoms with Gasteiger partial charge in [-0.2, -0.15) is 0 Å². The minimum Gasteiger partial charge on any atom is -0.348 e. The minimum absolute atomic E-state index is 0.0942. The molecule has 2 aromatic carbocycles. The molecule has 1 aliphatic rings. The first-order valence-electron chi connectivity index (χ1n) is 6.96. The maximum atomic E-state index is 10.3. The summed E-state index contributed by atoms with van der Waals surface area (Å²) in [5, 5.41) is 20.6. The normalized spacial score (nSPS) is 20.8. The molecule has 1 aliphatic heterocycles. The topological polar surface area (TPSA) is 43.7 Å². The SMILES string of the molecule is Cc1ccc(C2SCC(O)(O)N2c2ccc(C)cc2)cc1. The summed E-state index contributed by atoms with van der Waals surface area (Å²) in [4.78, 5) is 1.68. The van der Waals surface area contributed by atoms with Gasteiger partial charge >= 0.3 is 0 Å². The molecule has 1 unspecified atom stereocenters. The molecule has 1 atom stereocenters. The van der Waals surface area contributed by atoms with Gasteiger partial charge in [0, 0.05) is 5.69 Å². The molecule has 0 aliphatic carbocycles. The van der Waals surface area contributed by atoms with Gasteiger partial charge in [0.05, 0.1) is 5.75 Å². The largest absolute Gasteiger partial charge is 0.348 e. The minimum atomic E-state index is -1.82. The van der Waals surface area contributed by atoms with E-state index in [1.54, 1.807) is 16.7 Å². The van der Waals surface area contributed by atoms with Gasteiger partial charge in [-0.25, -0.2) is 0 Å². The number of aliphatic hydroxyl groups is 2. The van der Waals surface area contributed by atoms with Gasteiger partial charge in [0.2, 0.25) is 0 Å². The summed E-state index contributed by atoms with van der Waals surface area (Å²) in [6.45, 7) is 4.07. The number of aryl methyl sites for hydroxylation is 2. The molecule has 1 saturated heterocycles. The lowest BCUT2D eigenvalue weighted by atomic mass is 10.1. The van der Waals surface area contributed by atoms with Crippen molar-refractivity contribution in [2.24, 2.45) is 0 Å². The first-order valence-corrected chi connectivity index (χ1v) is 8.01. The predicted molar refractivity (Wildman–Crippen MR) is 87.2 cm³/mol. The van der Waals surface area contributed by atoms with Gasteiger partial charge in [0.1, 0.15) is 5.37 Å². The number of thioether (sulfide) groups is 1. The summed E-state index contributed by atoms with van der Waals surface area (Å²) in [5.74, 6) is -1.56. The van der Waals surface area contributed by atoms with Gasteiger partial charge in [-0.05, 0) is 31.5 Å². The van der Waals surface area contributed by atoms with Crippen molar-refractivity contribution >= 4 is 17.4 Å². The van der Waals surface area contributed by atoms with Crippen LogP contribution in [0, 0.1) is 13.8 Å². The third kappa shape index (κ3) is 2.79. The molecular weight excluding hydrogens is 282 g/mol. The van der Waals surface area contributed by atoms with Crippen LogP contribution in [0.1, 0.15) is 22.1 Å². The second-order valence-corrected chi connectivity index (χ2v) is 6.62. The van der Waals surface area contributed by atoms with Crippen molar-refractivity contribution in [3.63, 3.8) is 0 Å². The zero-order valence-corrected chi connectivity index (χ0v) is 13.0. The van der Waals surface area contributed by atoms with Crippen LogP contribution in [0.2, 0.25) is 0 Å². The Hall–Kier alpha value is -1.49. The van der Waals surface area contributed by atoms with Crippen molar-refractivity contribution in [1.82, 2.24) is 0 Å². The highest BCUT2D eigenvalue weighted by molar-refractivity contribution is 8.00. The molecule has 0 saturated carbocycles. The highest BCUT2D eigenvalue weighted by Gasteiger charge is 2.45. The first-order chi connectivity index (χ1) is 9.97. The van der Waals surface area contributed by atoms with Crippen molar-refractivity contribution in [3.05, 3.63) is 65.2 Å². The molecule has 0 bridgehead atoms. The Bertz CT molecular complexity index is 622. The molecule has 0 aromatic heterocycles. The summed E-state index contributed by atoms with van der Waals surface area (Å²) in [5.41, 5.74) is 4.25. The fraction of sp³-hybridized carbons (Fsp3) is 0.294. The van der Waals surface area contributed by atoms with Gasteiger partial charge in [-0.1, -0.05) is 47.5 Å². The van der Waals surface area contributed by atoms with Crippen molar-refractivity contribution in [2.45, 2.75) is 25.1 Å². The maximum Gasteiger partial charge on any atom is 0.257 e. The predicted octanol–water partition coefficient (Wildman–Crippen LogP) is 3.19. The van der Waals surface area contributed by atoms with Crippen LogP contribution in [-0.4, -0.2) is 21.9 Å². The number of benzene rings is 2. The van der Waals surface area contributed by atoms with Crippen LogP contribution in [0.3, 0.4) is 0 Å². The average Bonchev–Trinajstić information content (AvgIpc) is 2.76. The lowest BCUT2D eigenvalue weighted by molar-refractivity contribution is -0.136. The molecule has 0 amide bonds. The lowest BCUT2D eigenvalue weighted by Crippen LogP contribution is -2.46. The number of hydrogen-bond acceptors (Lipinski definition) is 4. The molecule has 3 nitrogen and oxygen atoms in total. The summed E-state index contributed by atoms with van der Waals surface area (Å²) in [7, 11) is 0. The quantitative estimate of drug-likeness (QED) is 0.836. The number of hydrogen-bond donors (Lipinski definition) is 2. The molecule has 1 fully saturated rings. The molecule has 2 N–H and O–H groups in total. The molecule has 21 heavy (non-hydrogen) atoms. The fourth-order valence-electron chi connectivity index (χ4n) is 2.55. The molecule has 0 radical (unpaired) electrons. The summed E-state index contributed by atoms with van der Waals surface area (Å²) in [6.07, 6.45) is 0. The van der Waals surface area contributed by atoms with Crippen LogP contribution in [0.15, 0.2) is 48.5 Å². The first kappa shape index (κ1) is 14.4. The van der Waals surface area contributed by atoms with Crippen molar-refractivity contribution in [3.8, 4) is 0 Å². The Morgan fingerprint density at radius 1 is 0.952 bits per heavy atom. The highest BCUT2D eigenvalue weighted by atomic mass is 32.2. The van der Waals surface area contributed by atoms with E-state index < -0.39 is 5.91 Å². The fourth-order valence-corrected chi connectivity index (χ4v) is 3.86. The third-order valence-electron chi connectivity index (χ3n) is 3.73. The molecular formula is C17H19NO2S. The highest BCUT2D eigenvalue weighted by Crippen LogP contribution is 2.47. The Kier molecular flexibility index (Phi) is 3.69. The van der Waals surface area contributed by atoms with E-state index in [2.05, 4.69) is 24.3 Å². The maximum absolute atomic E-state index is 10.3. The van der Waals surface area contributed by atoms with E-state index in [1.807, 2.05) is 38.1 Å². The Morgan fingerprint density at radius 2 is 1.48 bits per heavy atom. The standard InChI is InChI=1S/C17H19NO2S/c1-12-3-7-14(8-4-12)16-18(17(19,20)11-21-16)15-9-5-13(2)6-10-15/h3-10,16,19-20H,11H2,1-2H3. The molecule has 3 rings (SSSR count). The van der Waals surface area contributed by atoms with Gasteiger partial charge in [-0.3, -0.25) is 0 Å². The Balaban J connectivity index is 2.00. The number of nitrogens with zero attached hydrogens (tertiary/aromatic N) is 1. The second-order valence-electron chi connectivity index (χ2n) is 5.55. The van der Waals surface area contributed by atoms with Gasteiger partial charge in [0.25, 0.3) is 5.91 Å². The van der Waals surface area contributed by atoms with E-state index in [9.17, 15) is 10.2 Å². The van der Waals surface area contributed by atoms with Crippen LogP contribution < -0.4 is 4.90 Å². The molecule has 110 valence electrons. The van der Waals surface area contributed by atoms with Crippen LogP contribution >= 0.6 is 11.8 Å². The summed E-state index contributed by atoms with van der Waals surface area (Å²) < 4.78 is 0. The zero-order valence-electron chi connectivity index (χ0n) is 12.2. The Morgan fingerprint density at radius 3 is 2.05 bits per heavy atom. The summed E-state index contributed by atoms with van der Waals surface area (Å²) >= 11 is 1.54. The van der Waals surface area contributed by atoms with Gasteiger partial charge in [0.15, 0.2) is 0 Å². The molecule has 0 spiro atoms. The molecule has 2 aromatic rings. The van der Waals surface area contributed by atoms with Crippen LogP contribution in [0.5, 0.6) is 0 Å². The van der Waals surface area contributed by atoms with E-state index in [0.717, 1.165) is 16.8 Å². The molecule has 4 heteroatoms. The summed E-state index contributed by atoms with van der Waals surface area (Å²) in [6, 6.07) is 16.1. The lowest BCUT2D eigenvalue weighted by Gasteiger charge is -2.34. The second kappa shape index (κ2) is 5.37. The zero-order chi connectivity index (χ0) is 15.0. The van der Waals surface area contributed by atoms with Crippen molar-refractivity contribution < 1.29 is 10.2 Å². The van der Waals surface area contributed by atoms with E-state index in [4.69, 9.17) is 0 Å².